The van der Waals surface area contributed by atoms with Crippen LogP contribution in [0.2, 0.25) is 0 Å². The molecule has 0 fully saturated rings. The Hall–Kier alpha value is -2.60. The molecule has 2 rings (SSSR count). The smallest absolute Gasteiger partial charge is 0.148 e. The van der Waals surface area contributed by atoms with Crippen LogP contribution >= 0.6 is 0 Å². The van der Waals surface area contributed by atoms with E-state index in [-0.39, 0.29) is 17.2 Å². The van der Waals surface area contributed by atoms with E-state index in [4.69, 9.17) is 10.00 Å². The van der Waals surface area contributed by atoms with Gasteiger partial charge in [-0.05, 0) is 24.1 Å². The Balaban J connectivity index is 2.43. The van der Waals surface area contributed by atoms with Crippen LogP contribution < -0.4 is 4.74 Å². The molecule has 0 unspecified atom stereocenters. The summed E-state index contributed by atoms with van der Waals surface area (Å²) in [5.74, 6) is 0.534. The summed E-state index contributed by atoms with van der Waals surface area (Å²) in [6, 6.07) is 15.8. The Morgan fingerprint density at radius 3 is 2.48 bits per heavy atom. The molecule has 0 radical (unpaired) electrons. The summed E-state index contributed by atoms with van der Waals surface area (Å²) in [5.41, 5.74) is 0.808. The minimum atomic E-state index is -0.577. The summed E-state index contributed by atoms with van der Waals surface area (Å²) in [6.07, 6.45) is 1.95. The molecule has 0 aromatic heterocycles. The van der Waals surface area contributed by atoms with E-state index in [2.05, 4.69) is 0 Å². The lowest BCUT2D eigenvalue weighted by Gasteiger charge is -2.13. The van der Waals surface area contributed by atoms with Crippen LogP contribution in [0.3, 0.4) is 0 Å². The highest BCUT2D eigenvalue weighted by molar-refractivity contribution is 5.63. The SMILES string of the molecule is CC(C)/C=C(/Oc1cccc(F)c1C#N)c1ccccc1. The average molecular weight is 281 g/mol. The first-order valence-electron chi connectivity index (χ1n) is 6.75. The van der Waals surface area contributed by atoms with Crippen LogP contribution in [0.15, 0.2) is 54.6 Å². The van der Waals surface area contributed by atoms with Gasteiger partial charge in [-0.3, -0.25) is 0 Å². The number of halogens is 1. The second kappa shape index (κ2) is 6.71. The van der Waals surface area contributed by atoms with E-state index in [0.717, 1.165) is 5.56 Å². The van der Waals surface area contributed by atoms with Crippen LogP contribution in [0.25, 0.3) is 5.76 Å². The number of ether oxygens (including phenoxy) is 1. The largest absolute Gasteiger partial charge is 0.456 e. The molecule has 0 saturated carbocycles. The van der Waals surface area contributed by atoms with Crippen molar-refractivity contribution in [2.75, 3.05) is 0 Å². The monoisotopic (exact) mass is 281 g/mol. The molecule has 0 amide bonds. The average Bonchev–Trinajstić information content (AvgIpc) is 2.47. The van der Waals surface area contributed by atoms with Gasteiger partial charge in [0.05, 0.1) is 0 Å². The molecule has 21 heavy (non-hydrogen) atoms. The quantitative estimate of drug-likeness (QED) is 0.756. The Kier molecular flexibility index (Phi) is 4.73. The normalized spacial score (nSPS) is 11.3. The van der Waals surface area contributed by atoms with Gasteiger partial charge in [0.15, 0.2) is 0 Å². The van der Waals surface area contributed by atoms with Gasteiger partial charge in [0.25, 0.3) is 0 Å². The first kappa shape index (κ1) is 14.8. The van der Waals surface area contributed by atoms with E-state index in [0.29, 0.717) is 5.76 Å². The van der Waals surface area contributed by atoms with Gasteiger partial charge < -0.3 is 4.74 Å². The summed E-state index contributed by atoms with van der Waals surface area (Å²) in [4.78, 5) is 0. The molecule has 0 spiro atoms. The number of hydrogen-bond donors (Lipinski definition) is 0. The molecule has 0 saturated heterocycles. The fourth-order valence-corrected chi connectivity index (χ4v) is 1.91. The molecule has 0 heterocycles. The maximum Gasteiger partial charge on any atom is 0.148 e. The highest BCUT2D eigenvalue weighted by Gasteiger charge is 2.12. The number of nitrogens with zero attached hydrogens (tertiary/aromatic N) is 1. The third kappa shape index (κ3) is 3.70. The topological polar surface area (TPSA) is 33.0 Å². The molecule has 3 heteroatoms. The van der Waals surface area contributed by atoms with Crippen molar-refractivity contribution in [3.63, 3.8) is 0 Å². The van der Waals surface area contributed by atoms with Crippen molar-refractivity contribution in [3.8, 4) is 11.8 Å². The molecule has 0 aliphatic heterocycles. The first-order chi connectivity index (χ1) is 10.1. The predicted octanol–water partition coefficient (Wildman–Crippen LogP) is 4.77. The second-order valence-corrected chi connectivity index (χ2v) is 4.97. The Labute approximate surface area is 124 Å². The lowest BCUT2D eigenvalue weighted by atomic mass is 10.1. The van der Waals surface area contributed by atoms with Crippen molar-refractivity contribution in [1.82, 2.24) is 0 Å². The molecule has 106 valence electrons. The van der Waals surface area contributed by atoms with Crippen molar-refractivity contribution in [2.24, 2.45) is 5.92 Å². The molecule has 2 aromatic carbocycles. The lowest BCUT2D eigenvalue weighted by Crippen LogP contribution is -2.00. The Morgan fingerprint density at radius 2 is 1.86 bits per heavy atom. The Bertz CT molecular complexity index is 684. The summed E-state index contributed by atoms with van der Waals surface area (Å²) in [5, 5.41) is 9.08. The molecule has 0 atom stereocenters. The van der Waals surface area contributed by atoms with Crippen molar-refractivity contribution in [3.05, 3.63) is 71.6 Å². The molecule has 2 aromatic rings. The van der Waals surface area contributed by atoms with Crippen LogP contribution in [-0.2, 0) is 0 Å². The predicted molar refractivity (Wildman–Crippen MR) is 81.0 cm³/mol. The van der Waals surface area contributed by atoms with E-state index in [1.807, 2.05) is 56.3 Å². The van der Waals surface area contributed by atoms with Crippen LogP contribution in [0, 0.1) is 23.1 Å². The van der Waals surface area contributed by atoms with Gasteiger partial charge in [-0.1, -0.05) is 50.2 Å². The van der Waals surface area contributed by atoms with E-state index < -0.39 is 5.82 Å². The molecular weight excluding hydrogens is 265 g/mol. The van der Waals surface area contributed by atoms with E-state index in [1.165, 1.54) is 12.1 Å². The number of allylic oxidation sites excluding steroid dienone is 1. The molecule has 2 nitrogen and oxygen atoms in total. The van der Waals surface area contributed by atoms with Gasteiger partial charge in [-0.25, -0.2) is 4.39 Å². The Morgan fingerprint density at radius 1 is 1.14 bits per heavy atom. The van der Waals surface area contributed by atoms with E-state index >= 15 is 0 Å². The van der Waals surface area contributed by atoms with Crippen molar-refractivity contribution < 1.29 is 9.13 Å². The zero-order valence-corrected chi connectivity index (χ0v) is 12.0. The second-order valence-electron chi connectivity index (χ2n) is 4.97. The molecule has 0 aliphatic rings. The maximum absolute atomic E-state index is 13.6. The van der Waals surface area contributed by atoms with Crippen LogP contribution in [0.4, 0.5) is 4.39 Å². The standard InChI is InChI=1S/C18H16FNO/c1-13(2)11-18(14-7-4-3-5-8-14)21-17-10-6-9-16(19)15(17)12-20/h3-11,13H,1-2H3/b18-11+. The van der Waals surface area contributed by atoms with Gasteiger partial charge in [-0.2, -0.15) is 5.26 Å². The number of nitriles is 1. The van der Waals surface area contributed by atoms with Crippen molar-refractivity contribution >= 4 is 5.76 Å². The first-order valence-corrected chi connectivity index (χ1v) is 6.75. The van der Waals surface area contributed by atoms with E-state index in [1.54, 1.807) is 6.07 Å². The van der Waals surface area contributed by atoms with E-state index in [9.17, 15) is 4.39 Å². The summed E-state index contributed by atoms with van der Waals surface area (Å²) < 4.78 is 19.5. The maximum atomic E-state index is 13.6. The molecule has 0 N–H and O–H groups in total. The zero-order chi connectivity index (χ0) is 15.2. The minimum absolute atomic E-state index is 0.0805. The molecule has 0 aliphatic carbocycles. The van der Waals surface area contributed by atoms with Crippen LogP contribution in [0.5, 0.6) is 5.75 Å². The van der Waals surface area contributed by atoms with Crippen molar-refractivity contribution in [1.29, 1.82) is 5.26 Å². The van der Waals surface area contributed by atoms with Crippen LogP contribution in [0.1, 0.15) is 25.0 Å². The van der Waals surface area contributed by atoms with Gasteiger partial charge >= 0.3 is 0 Å². The highest BCUT2D eigenvalue weighted by Crippen LogP contribution is 2.27. The van der Waals surface area contributed by atoms with Gasteiger partial charge in [0.2, 0.25) is 0 Å². The minimum Gasteiger partial charge on any atom is -0.456 e. The third-order valence-corrected chi connectivity index (χ3v) is 2.85. The van der Waals surface area contributed by atoms with Gasteiger partial charge in [0, 0.05) is 5.56 Å². The van der Waals surface area contributed by atoms with Crippen molar-refractivity contribution in [2.45, 2.75) is 13.8 Å². The summed E-state index contributed by atoms with van der Waals surface area (Å²) in [6.45, 7) is 4.06. The lowest BCUT2D eigenvalue weighted by molar-refractivity contribution is 0.499. The molecular formula is C18H16FNO. The fourth-order valence-electron chi connectivity index (χ4n) is 1.91. The van der Waals surface area contributed by atoms with Crippen LogP contribution in [-0.4, -0.2) is 0 Å². The number of benzene rings is 2. The highest BCUT2D eigenvalue weighted by atomic mass is 19.1. The summed E-state index contributed by atoms with van der Waals surface area (Å²) >= 11 is 0. The van der Waals surface area contributed by atoms with Gasteiger partial charge in [-0.15, -0.1) is 0 Å². The number of hydrogen-bond acceptors (Lipinski definition) is 2. The van der Waals surface area contributed by atoms with Gasteiger partial charge in [0.1, 0.15) is 29.0 Å². The zero-order valence-electron chi connectivity index (χ0n) is 12.0. The third-order valence-electron chi connectivity index (χ3n) is 2.85. The molecule has 0 bridgehead atoms. The summed E-state index contributed by atoms with van der Waals surface area (Å²) in [7, 11) is 0. The number of rotatable bonds is 4. The fraction of sp³-hybridized carbons (Fsp3) is 0.167.